The molecule has 8 rings (SSSR count). The molecule has 0 aliphatic heterocycles. The molecule has 8 aromatic rings. The van der Waals surface area contributed by atoms with E-state index in [0.717, 1.165) is 0 Å². The van der Waals surface area contributed by atoms with Gasteiger partial charge < -0.3 is 0 Å². The Morgan fingerprint density at radius 1 is 0.197 bits per heavy atom. The fourth-order valence-electron chi connectivity index (χ4n) is 8.29. The molecule has 0 unspecified atom stereocenters. The summed E-state index contributed by atoms with van der Waals surface area (Å²) in [5, 5.41) is -15.9. The maximum atomic E-state index is 17.3. The van der Waals surface area contributed by atoms with E-state index in [9.17, 15) is 17.6 Å². The molecule has 61 heavy (non-hydrogen) atoms. The summed E-state index contributed by atoms with van der Waals surface area (Å²) < 4.78 is 309. The minimum Gasteiger partial charge on any atom is -0.208 e. The first kappa shape index (κ1) is 41.7. The normalized spacial score (nSPS) is 12.3. The largest absolute Gasteiger partial charge is 0.286 e. The number of hydrogen-bond donors (Lipinski definition) is 0. The molecule has 0 aromatic heterocycles. The summed E-state index contributed by atoms with van der Waals surface area (Å²) in [6.45, 7) is 0. The molecule has 0 amide bonds. The van der Waals surface area contributed by atoms with Crippen LogP contribution < -0.4 is 17.7 Å². The van der Waals surface area contributed by atoms with Gasteiger partial charge in [-0.15, -0.1) is 0 Å². The fourth-order valence-corrected chi connectivity index (χ4v) is 14.9. The van der Waals surface area contributed by atoms with Crippen molar-refractivity contribution in [2.45, 2.75) is 0 Å². The van der Waals surface area contributed by atoms with E-state index in [0.29, 0.717) is 0 Å². The van der Waals surface area contributed by atoms with Gasteiger partial charge in [-0.2, -0.15) is 17.7 Å². The molecule has 8 aromatic carbocycles. The highest BCUT2D eigenvalue weighted by Crippen LogP contribution is 2.38. The van der Waals surface area contributed by atoms with Gasteiger partial charge in [-0.25, -0.2) is 87.8 Å². The third-order valence-electron chi connectivity index (χ3n) is 10.6. The Kier molecular flexibility index (Phi) is 9.55. The molecule has 0 fully saturated rings. The lowest BCUT2D eigenvalue weighted by molar-refractivity contribution is 0.448. The topological polar surface area (TPSA) is 0 Å². The molecule has 0 radical (unpaired) electrons. The van der Waals surface area contributed by atoms with Gasteiger partial charge in [0.2, 0.25) is 0 Å². The van der Waals surface area contributed by atoms with E-state index in [-0.39, 0.29) is 48.5 Å². The maximum Gasteiger partial charge on any atom is 0.286 e. The smallest absolute Gasteiger partial charge is 0.208 e. The second kappa shape index (κ2) is 14.0. The van der Waals surface area contributed by atoms with Crippen molar-refractivity contribution in [3.05, 3.63) is 165 Å². The molecule has 0 spiro atoms. The zero-order valence-corrected chi connectivity index (χ0v) is 29.9. The van der Waals surface area contributed by atoms with Gasteiger partial charge in [0.05, 0.1) is 21.5 Å². The van der Waals surface area contributed by atoms with Crippen LogP contribution in [0.3, 0.4) is 0 Å². The number of fused-ring (bicyclic) bond motifs is 4. The van der Waals surface area contributed by atoms with Gasteiger partial charge in [0.1, 0.15) is 23.3 Å². The third kappa shape index (κ3) is 5.28. The van der Waals surface area contributed by atoms with Crippen LogP contribution in [0.1, 0.15) is 0 Å². The van der Waals surface area contributed by atoms with Gasteiger partial charge in [0, 0.05) is 0 Å². The predicted octanol–water partition coefficient (Wildman–Crippen LogP) is 10.5. The van der Waals surface area contributed by atoms with E-state index in [1.165, 1.54) is 0 Å². The number of benzene rings is 8. The quantitative estimate of drug-likeness (QED) is 0.0938. The van der Waals surface area contributed by atoms with Crippen LogP contribution in [-0.2, 0) is 0 Å². The zero-order chi connectivity index (χ0) is 44.6. The SMILES string of the molecule is Fc1ccc2[c]([Al-]([c]3c(F)c(F)c(F)c4c(F)c(F)ccc34)([c]3c(F)c(F)c(F)c4c(F)c(F)ccc34)[c]3c(F)c(F)c(F)c4c(F)c(F)ccc34)c(F)c(F)c(F)c2c1F. The molecule has 0 N–H and O–H groups in total. The summed E-state index contributed by atoms with van der Waals surface area (Å²) in [6.07, 6.45) is 0. The molecule has 0 nitrogen and oxygen atoms in total. The summed E-state index contributed by atoms with van der Waals surface area (Å²) in [7, 11) is 0. The van der Waals surface area contributed by atoms with Crippen LogP contribution in [0.25, 0.3) is 43.1 Å². The molecule has 0 saturated carbocycles. The van der Waals surface area contributed by atoms with Gasteiger partial charge in [-0.1, -0.05) is 45.8 Å². The van der Waals surface area contributed by atoms with Crippen LogP contribution in [0.5, 0.6) is 0 Å². The number of halogens is 20. The van der Waals surface area contributed by atoms with Crippen LogP contribution in [0.4, 0.5) is 87.8 Å². The van der Waals surface area contributed by atoms with Crippen LogP contribution in [0, 0.1) is 116 Å². The van der Waals surface area contributed by atoms with Crippen molar-refractivity contribution in [1.82, 2.24) is 0 Å². The summed E-state index contributed by atoms with van der Waals surface area (Å²) in [6, 6.07) is -0.318. The number of hydrogen-bond acceptors (Lipinski definition) is 0. The minimum atomic E-state index is -8.35. The summed E-state index contributed by atoms with van der Waals surface area (Å²) in [5.41, 5.74) is 0. The van der Waals surface area contributed by atoms with Crippen LogP contribution in [-0.4, -0.2) is 13.1 Å². The third-order valence-corrected chi connectivity index (χ3v) is 16.4. The highest BCUT2D eigenvalue weighted by molar-refractivity contribution is 7.23. The summed E-state index contributed by atoms with van der Waals surface area (Å²) in [4.78, 5) is 0. The van der Waals surface area contributed by atoms with Gasteiger partial charge in [0.15, 0.2) is 93.1 Å². The summed E-state index contributed by atoms with van der Waals surface area (Å²) >= 11 is -8.35. The van der Waals surface area contributed by atoms with Crippen molar-refractivity contribution in [3.8, 4) is 0 Å². The average Bonchev–Trinajstić information content (AvgIpc) is 3.22. The standard InChI is InChI=1S/4C10H2F5.Al/c4*11-5-2-1-4-3-6(12)9(14)10(15)7(4)8(5)13;/h4*1-2H;/q;;;;-1. The fraction of sp³-hybridized carbons (Fsp3) is 0. The summed E-state index contributed by atoms with van der Waals surface area (Å²) in [5.74, 6) is -54.3. The molecule has 0 heterocycles. The molecule has 0 aliphatic carbocycles. The van der Waals surface area contributed by atoms with E-state index < -0.39 is 190 Å². The van der Waals surface area contributed by atoms with Gasteiger partial charge in [0.25, 0.3) is 13.1 Å². The zero-order valence-electron chi connectivity index (χ0n) is 28.8. The molecule has 0 bridgehead atoms. The predicted molar refractivity (Wildman–Crippen MR) is 179 cm³/mol. The Hall–Kier alpha value is -6.07. The Labute approximate surface area is 326 Å². The molecule has 312 valence electrons. The van der Waals surface area contributed by atoms with Gasteiger partial charge >= 0.3 is 0 Å². The first-order chi connectivity index (χ1) is 28.6. The molecular weight excluding hydrogens is 887 g/mol. The van der Waals surface area contributed by atoms with Crippen molar-refractivity contribution < 1.29 is 87.8 Å². The lowest BCUT2D eigenvalue weighted by Gasteiger charge is -2.44. The van der Waals surface area contributed by atoms with E-state index in [1.54, 1.807) is 0 Å². The molecule has 0 atom stereocenters. The minimum absolute atomic E-state index is 0.00408. The monoisotopic (exact) mass is 895 g/mol. The molecule has 0 aliphatic rings. The lowest BCUT2D eigenvalue weighted by atomic mass is 10.1. The lowest BCUT2D eigenvalue weighted by Crippen LogP contribution is -2.78. The van der Waals surface area contributed by atoms with Gasteiger partial charge in [-0.05, 0) is 24.3 Å². The van der Waals surface area contributed by atoms with Crippen LogP contribution >= 0.6 is 0 Å². The first-order valence-corrected chi connectivity index (χ1v) is 18.9. The van der Waals surface area contributed by atoms with Crippen molar-refractivity contribution in [3.63, 3.8) is 0 Å². The van der Waals surface area contributed by atoms with E-state index in [4.69, 9.17) is 0 Å². The first-order valence-electron chi connectivity index (χ1n) is 16.6. The average molecular weight is 895 g/mol. The van der Waals surface area contributed by atoms with Crippen molar-refractivity contribution >= 4 is 73.9 Å². The van der Waals surface area contributed by atoms with Crippen LogP contribution in [0.2, 0.25) is 0 Å². The van der Waals surface area contributed by atoms with Crippen molar-refractivity contribution in [2.75, 3.05) is 0 Å². The molecular formula is C40H8AlF20-. The Morgan fingerprint density at radius 3 is 0.557 bits per heavy atom. The Bertz CT molecular complexity index is 2880. The number of rotatable bonds is 4. The Morgan fingerprint density at radius 2 is 0.377 bits per heavy atom. The van der Waals surface area contributed by atoms with Gasteiger partial charge in [-0.3, -0.25) is 0 Å². The van der Waals surface area contributed by atoms with E-state index in [1.807, 2.05) is 0 Å². The molecule has 21 heteroatoms. The Balaban J connectivity index is 1.94. The van der Waals surface area contributed by atoms with Crippen LogP contribution in [0.15, 0.2) is 48.5 Å². The highest BCUT2D eigenvalue weighted by Gasteiger charge is 2.52. The van der Waals surface area contributed by atoms with Crippen molar-refractivity contribution in [2.24, 2.45) is 0 Å². The molecule has 0 saturated heterocycles. The highest BCUT2D eigenvalue weighted by atomic mass is 27.2. The van der Waals surface area contributed by atoms with E-state index in [2.05, 4.69) is 0 Å². The second-order valence-electron chi connectivity index (χ2n) is 13.4. The second-order valence-corrected chi connectivity index (χ2v) is 17.5. The van der Waals surface area contributed by atoms with Crippen molar-refractivity contribution in [1.29, 1.82) is 0 Å². The maximum absolute atomic E-state index is 17.3. The van der Waals surface area contributed by atoms with E-state index >= 15 is 70.2 Å².